The Kier molecular flexibility index (Phi) is 79.6. The Morgan fingerprint density at radius 2 is 1.25 bits per heavy atom. The molecule has 0 aliphatic rings. The molecule has 0 saturated heterocycles. The summed E-state index contributed by atoms with van der Waals surface area (Å²) in [5.41, 5.74) is 0. The third-order valence-electron chi connectivity index (χ3n) is 0. The van der Waals surface area contributed by atoms with Gasteiger partial charge in [0, 0.05) is 0 Å². The fraction of sp³-hybridized carbons (Fsp3) is 0. The van der Waals surface area contributed by atoms with Crippen LogP contribution >= 0.6 is 0 Å². The second-order valence-corrected chi connectivity index (χ2v) is 0. The van der Waals surface area contributed by atoms with Crippen LogP contribution in [0.15, 0.2) is 0 Å². The monoisotopic (exact) mass is 332 g/mol. The fourth-order valence-electron chi connectivity index (χ4n) is 0. The third-order valence-corrected chi connectivity index (χ3v) is 0. The van der Waals surface area contributed by atoms with E-state index in [0.29, 0.717) is 0 Å². The van der Waals surface area contributed by atoms with Gasteiger partial charge in [0.25, 0.3) is 0 Å². The topological polar surface area (TPSA) is 47.1 Å². The first kappa shape index (κ1) is 16.5. The van der Waals surface area contributed by atoms with E-state index in [0.717, 1.165) is 0 Å². The van der Waals surface area contributed by atoms with Crippen molar-refractivity contribution >= 4 is 70.2 Å². The first-order valence-corrected chi connectivity index (χ1v) is 1.79. The van der Waals surface area contributed by atoms with Gasteiger partial charge >= 0.3 is 73.0 Å². The van der Waals surface area contributed by atoms with Crippen molar-refractivity contribution in [2.24, 2.45) is 0 Å². The molecule has 0 aromatic carbocycles. The second kappa shape index (κ2) is 19.3. The first-order valence-electron chi connectivity index (χ1n) is 0.204. The molecule has 0 spiro atoms. The third kappa shape index (κ3) is 8.92. The van der Waals surface area contributed by atoms with Gasteiger partial charge in [-0.1, -0.05) is 0 Å². The standard InChI is InChI=1S/Bi.H2O.O.Sr.2H/h;1H2;;;;/q;;;+1;;/p-1. The van der Waals surface area contributed by atoms with Crippen LogP contribution in [0.25, 0.3) is 0 Å². The van der Waals surface area contributed by atoms with Gasteiger partial charge in [-0.25, -0.2) is 0 Å². The van der Waals surface area contributed by atoms with Crippen LogP contribution < -0.4 is 0 Å². The molecule has 0 amide bonds. The Labute approximate surface area is 76.8 Å². The molecule has 22 valence electrons. The molecule has 2 nitrogen and oxygen atoms in total. The molecule has 1 N–H and O–H groups in total. The quantitative estimate of drug-likeness (QED) is 0.502. The molecule has 0 saturated carbocycles. The molecular formula is H3BiO2Sr. The van der Waals surface area contributed by atoms with Gasteiger partial charge in [0.2, 0.25) is 0 Å². The Bertz CT molecular complexity index is 6.00. The van der Waals surface area contributed by atoms with Crippen molar-refractivity contribution in [3.05, 3.63) is 0 Å². The molecule has 0 heterocycles. The molecule has 0 aliphatic heterocycles. The van der Waals surface area contributed by atoms with Crippen LogP contribution in [0.4, 0.5) is 0 Å². The summed E-state index contributed by atoms with van der Waals surface area (Å²) in [6.45, 7) is 0. The molecule has 0 bridgehead atoms. The summed E-state index contributed by atoms with van der Waals surface area (Å²) in [6, 6.07) is 0. The molecule has 0 aromatic rings. The number of hydrogen-bond donors (Lipinski definition) is 0. The summed E-state index contributed by atoms with van der Waals surface area (Å²) in [7, 11) is 0. The Morgan fingerprint density at radius 1 is 1.25 bits per heavy atom. The zero-order chi connectivity index (χ0) is 2.00. The Hall–Kier alpha value is 2.12. The molecule has 0 unspecified atom stereocenters. The average molecular weight is 332 g/mol. The van der Waals surface area contributed by atoms with Gasteiger partial charge in [-0.05, 0) is 0 Å². The SMILES string of the molecule is [OH-].[O]=[BiH].[SrH+]. The molecule has 0 aromatic heterocycles. The Morgan fingerprint density at radius 3 is 1.25 bits per heavy atom. The molecule has 0 rings (SSSR count). The van der Waals surface area contributed by atoms with Gasteiger partial charge in [0.15, 0.2) is 0 Å². The van der Waals surface area contributed by atoms with Gasteiger partial charge in [-0.2, -0.15) is 0 Å². The van der Waals surface area contributed by atoms with Crippen LogP contribution in [0.1, 0.15) is 0 Å². The van der Waals surface area contributed by atoms with E-state index in [1.807, 2.05) is 0 Å². The van der Waals surface area contributed by atoms with Gasteiger partial charge < -0.3 is 5.48 Å². The molecule has 4 heavy (non-hydrogen) atoms. The van der Waals surface area contributed by atoms with Crippen molar-refractivity contribution in [3.8, 4) is 0 Å². The maximum atomic E-state index is 8.39. The molecule has 0 atom stereocenters. The van der Waals surface area contributed by atoms with E-state index in [9.17, 15) is 0 Å². The van der Waals surface area contributed by atoms with E-state index >= 15 is 0 Å². The first-order chi connectivity index (χ1) is 1.00. The van der Waals surface area contributed by atoms with Crippen molar-refractivity contribution in [2.45, 2.75) is 0 Å². The minimum absolute atomic E-state index is 0. The molecule has 4 heteroatoms. The average Bonchev–Trinajstić information content (AvgIpc) is 1.00. The summed E-state index contributed by atoms with van der Waals surface area (Å²) >= 11 is 0.0556. The van der Waals surface area contributed by atoms with Crippen molar-refractivity contribution < 1.29 is 8.29 Å². The summed E-state index contributed by atoms with van der Waals surface area (Å²) < 4.78 is 8.39. The van der Waals surface area contributed by atoms with E-state index in [2.05, 4.69) is 0 Å². The van der Waals surface area contributed by atoms with E-state index in [1.54, 1.807) is 0 Å². The van der Waals surface area contributed by atoms with Crippen molar-refractivity contribution in [1.29, 1.82) is 0 Å². The van der Waals surface area contributed by atoms with E-state index in [4.69, 9.17) is 2.81 Å². The molecule has 0 radical (unpaired) electrons. The minimum atomic E-state index is 0. The summed E-state index contributed by atoms with van der Waals surface area (Å²) in [5.74, 6) is 0. The van der Waals surface area contributed by atoms with Gasteiger partial charge in [0.1, 0.15) is 0 Å². The fourth-order valence-corrected chi connectivity index (χ4v) is 0. The maximum absolute atomic E-state index is 8.39. The van der Waals surface area contributed by atoms with Crippen LogP contribution in [0.3, 0.4) is 0 Å². The molecule has 0 fully saturated rings. The predicted molar refractivity (Wildman–Crippen MR) is 16.9 cm³/mol. The van der Waals surface area contributed by atoms with Crippen LogP contribution in [-0.4, -0.2) is 75.7 Å². The van der Waals surface area contributed by atoms with Crippen LogP contribution in [0, 0.1) is 0 Å². The van der Waals surface area contributed by atoms with Crippen molar-refractivity contribution in [1.82, 2.24) is 0 Å². The molecule has 0 aliphatic carbocycles. The summed E-state index contributed by atoms with van der Waals surface area (Å²) in [4.78, 5) is 0. The predicted octanol–water partition coefficient (Wildman–Crippen LogP) is -1.59. The van der Waals surface area contributed by atoms with E-state index < -0.39 is 0 Å². The summed E-state index contributed by atoms with van der Waals surface area (Å²) in [5, 5.41) is 0. The van der Waals surface area contributed by atoms with Gasteiger partial charge in [-0.15, -0.1) is 0 Å². The van der Waals surface area contributed by atoms with Crippen molar-refractivity contribution in [2.75, 3.05) is 0 Å². The van der Waals surface area contributed by atoms with Gasteiger partial charge in [-0.3, -0.25) is 0 Å². The van der Waals surface area contributed by atoms with Crippen LogP contribution in [0.2, 0.25) is 0 Å². The second-order valence-electron chi connectivity index (χ2n) is 0. The summed E-state index contributed by atoms with van der Waals surface area (Å²) in [6.07, 6.45) is 0. The van der Waals surface area contributed by atoms with Gasteiger partial charge in [0.05, 0.1) is 0 Å². The normalized spacial score (nSPS) is 1.00. The Balaban J connectivity index is -0.00000000500. The zero-order valence-electron chi connectivity index (χ0n) is 2.36. The van der Waals surface area contributed by atoms with E-state index in [-0.39, 0.29) is 75.7 Å². The zero-order valence-corrected chi connectivity index (χ0v) is 11.2. The van der Waals surface area contributed by atoms with Crippen molar-refractivity contribution in [3.63, 3.8) is 0 Å². The number of hydrogen-bond acceptors (Lipinski definition) is 2. The van der Waals surface area contributed by atoms with Crippen LogP contribution in [-0.2, 0) is 2.81 Å². The number of rotatable bonds is 0. The molecular weight excluding hydrogens is 329 g/mol. The van der Waals surface area contributed by atoms with E-state index in [1.165, 1.54) is 0 Å². The van der Waals surface area contributed by atoms with Crippen LogP contribution in [0.5, 0.6) is 0 Å².